The zero-order valence-electron chi connectivity index (χ0n) is 23.2. The number of fused-ring (bicyclic) bond motifs is 1. The van der Waals surface area contributed by atoms with E-state index in [4.69, 9.17) is 20.6 Å². The molecule has 1 aromatic heterocycles. The Labute approximate surface area is 237 Å². The summed E-state index contributed by atoms with van der Waals surface area (Å²) in [6, 6.07) is 10.8. The number of rotatable bonds is 9. The first-order chi connectivity index (χ1) is 19.7. The van der Waals surface area contributed by atoms with Crippen LogP contribution in [0.5, 0.6) is 5.75 Å². The van der Waals surface area contributed by atoms with Crippen LogP contribution < -0.4 is 15.9 Å². The highest BCUT2D eigenvalue weighted by molar-refractivity contribution is 6.00. The number of nitrogens with zero attached hydrogens (tertiary/aromatic N) is 3. The minimum absolute atomic E-state index is 0.0203. The largest absolute Gasteiger partial charge is 0.436 e. The summed E-state index contributed by atoms with van der Waals surface area (Å²) in [5, 5.41) is 9.32. The highest BCUT2D eigenvalue weighted by atomic mass is 16.6. The van der Waals surface area contributed by atoms with Crippen LogP contribution >= 0.6 is 0 Å². The number of nitrogen functional groups attached to an aromatic ring is 1. The highest BCUT2D eigenvalue weighted by Crippen LogP contribution is 2.29. The molecule has 216 valence electrons. The van der Waals surface area contributed by atoms with Crippen LogP contribution in [0.15, 0.2) is 36.4 Å². The van der Waals surface area contributed by atoms with Crippen LogP contribution in [0.2, 0.25) is 0 Å². The third kappa shape index (κ3) is 6.17. The molecule has 2 fully saturated rings. The molecule has 2 saturated heterocycles. The fourth-order valence-corrected chi connectivity index (χ4v) is 5.43. The molecule has 3 amide bonds. The van der Waals surface area contributed by atoms with Crippen LogP contribution in [-0.4, -0.2) is 69.0 Å². The molecule has 2 aliphatic heterocycles. The number of carbonyl (C=O) groups excluding carboxylic acids is 3. The van der Waals surface area contributed by atoms with Gasteiger partial charge in [-0.3, -0.25) is 15.6 Å². The monoisotopic (exact) mass is 561 g/mol. The predicted molar refractivity (Wildman–Crippen MR) is 151 cm³/mol. The van der Waals surface area contributed by atoms with Crippen molar-refractivity contribution >= 4 is 35.0 Å². The second-order valence-electron chi connectivity index (χ2n) is 10.5. The quantitative estimate of drug-likeness (QED) is 0.227. The van der Waals surface area contributed by atoms with Crippen LogP contribution in [-0.2, 0) is 22.4 Å². The van der Waals surface area contributed by atoms with Gasteiger partial charge in [-0.1, -0.05) is 37.6 Å². The van der Waals surface area contributed by atoms with Crippen molar-refractivity contribution in [3.8, 4) is 5.75 Å². The van der Waals surface area contributed by atoms with E-state index in [1.54, 1.807) is 11.1 Å². The molecular weight excluding hydrogens is 526 g/mol. The molecule has 5 N–H and O–H groups in total. The van der Waals surface area contributed by atoms with Crippen molar-refractivity contribution in [1.29, 1.82) is 5.41 Å². The Balaban J connectivity index is 1.21. The molecule has 12 heteroatoms. The molecular formula is C29H35N7O5. The molecule has 0 aliphatic carbocycles. The van der Waals surface area contributed by atoms with Gasteiger partial charge in [-0.25, -0.2) is 24.5 Å². The second-order valence-corrected chi connectivity index (χ2v) is 10.5. The van der Waals surface area contributed by atoms with Crippen molar-refractivity contribution in [2.24, 2.45) is 5.73 Å². The van der Waals surface area contributed by atoms with Crippen molar-refractivity contribution in [1.82, 2.24) is 25.3 Å². The number of amidine groups is 1. The van der Waals surface area contributed by atoms with Crippen molar-refractivity contribution in [3.05, 3.63) is 58.9 Å². The molecule has 3 aromatic rings. The van der Waals surface area contributed by atoms with Crippen molar-refractivity contribution in [2.75, 3.05) is 13.1 Å². The average molecular weight is 562 g/mol. The second kappa shape index (κ2) is 12.0. The molecule has 1 atom stereocenters. The maximum atomic E-state index is 12.9. The maximum Gasteiger partial charge on any atom is 0.427 e. The molecule has 0 bridgehead atoms. The molecule has 0 spiro atoms. The third-order valence-electron chi connectivity index (χ3n) is 7.55. The van der Waals surface area contributed by atoms with Crippen molar-refractivity contribution in [3.63, 3.8) is 0 Å². The number of imide groups is 1. The zero-order valence-corrected chi connectivity index (χ0v) is 23.2. The number of piperidine rings is 1. The van der Waals surface area contributed by atoms with Crippen LogP contribution in [0.3, 0.4) is 0 Å². The molecule has 41 heavy (non-hydrogen) atoms. The van der Waals surface area contributed by atoms with Gasteiger partial charge in [0.1, 0.15) is 17.4 Å². The number of H-pyrrole nitrogens is 1. The number of carbonyl (C=O) groups is 3. The third-order valence-corrected chi connectivity index (χ3v) is 7.55. The molecule has 0 saturated carbocycles. The summed E-state index contributed by atoms with van der Waals surface area (Å²) >= 11 is 0. The number of aryl methyl sites for hydroxylation is 3. The van der Waals surface area contributed by atoms with Crippen LogP contribution in [0.1, 0.15) is 55.1 Å². The molecule has 2 aliphatic rings. The van der Waals surface area contributed by atoms with Gasteiger partial charge in [0.15, 0.2) is 6.10 Å². The van der Waals surface area contributed by atoms with Gasteiger partial charge in [0.05, 0.1) is 11.0 Å². The Hall–Kier alpha value is -4.45. The molecule has 12 nitrogen and oxygen atoms in total. The van der Waals surface area contributed by atoms with Gasteiger partial charge in [0, 0.05) is 30.3 Å². The van der Waals surface area contributed by atoms with E-state index in [-0.39, 0.29) is 17.8 Å². The SMILES string of the molecule is CCCC1OC(=O)N(C2CCN(NC(=O)Oc3ccc4[nH]c(C)nc4c3CCc3ccc(C(=N)N)cc3)CC2)C1=O. The number of amides is 3. The Morgan fingerprint density at radius 2 is 1.90 bits per heavy atom. The van der Waals surface area contributed by atoms with Gasteiger partial charge < -0.3 is 20.2 Å². The number of aromatic nitrogens is 2. The normalized spacial score (nSPS) is 18.1. The van der Waals surface area contributed by atoms with Crippen molar-refractivity contribution < 1.29 is 23.9 Å². The lowest BCUT2D eigenvalue weighted by Gasteiger charge is -2.34. The standard InChI is InChI=1S/C29H35N7O5/c1-3-4-24-27(37)36(29(39)41-24)20-13-15-35(16-14-20)34-28(38)40-23-12-11-22-25(33-17(2)32-22)21(23)10-7-18-5-8-19(9-6-18)26(30)31/h5-6,8-9,11-12,20,24H,3-4,7,10,13-16H2,1-2H3,(H3,30,31)(H,32,33)(H,34,38). The summed E-state index contributed by atoms with van der Waals surface area (Å²) in [6.07, 6.45) is 1.67. The number of benzene rings is 2. The van der Waals surface area contributed by atoms with E-state index in [9.17, 15) is 14.4 Å². The lowest BCUT2D eigenvalue weighted by molar-refractivity contribution is -0.132. The highest BCUT2D eigenvalue weighted by Gasteiger charge is 2.44. The van der Waals surface area contributed by atoms with E-state index in [0.717, 1.165) is 34.4 Å². The number of imidazole rings is 1. The summed E-state index contributed by atoms with van der Waals surface area (Å²) in [4.78, 5) is 47.0. The topological polar surface area (TPSA) is 167 Å². The fourth-order valence-electron chi connectivity index (χ4n) is 5.43. The van der Waals surface area contributed by atoms with E-state index in [1.807, 2.05) is 44.2 Å². The first-order valence-electron chi connectivity index (χ1n) is 13.9. The molecule has 3 heterocycles. The molecule has 2 aromatic carbocycles. The van der Waals surface area contributed by atoms with Gasteiger partial charge in [-0.05, 0) is 56.7 Å². The van der Waals surface area contributed by atoms with Gasteiger partial charge in [-0.15, -0.1) is 0 Å². The lowest BCUT2D eigenvalue weighted by atomic mass is 10.0. The minimum Gasteiger partial charge on any atom is -0.436 e. The summed E-state index contributed by atoms with van der Waals surface area (Å²) in [5.74, 6) is 0.933. The first kappa shape index (κ1) is 28.1. The first-order valence-corrected chi connectivity index (χ1v) is 13.9. The fraction of sp³-hybridized carbons (Fsp3) is 0.414. The molecule has 0 radical (unpaired) electrons. The van der Waals surface area contributed by atoms with Gasteiger partial charge in [0.25, 0.3) is 5.91 Å². The Morgan fingerprint density at radius 1 is 1.17 bits per heavy atom. The smallest absolute Gasteiger partial charge is 0.427 e. The van der Waals surface area contributed by atoms with Gasteiger partial charge in [-0.2, -0.15) is 0 Å². The van der Waals surface area contributed by atoms with E-state index in [0.29, 0.717) is 56.5 Å². The zero-order chi connectivity index (χ0) is 29.1. The van der Waals surface area contributed by atoms with E-state index >= 15 is 0 Å². The summed E-state index contributed by atoms with van der Waals surface area (Å²) in [7, 11) is 0. The lowest BCUT2D eigenvalue weighted by Crippen LogP contribution is -2.53. The van der Waals surface area contributed by atoms with E-state index in [2.05, 4.69) is 15.4 Å². The van der Waals surface area contributed by atoms with Crippen LogP contribution in [0.4, 0.5) is 9.59 Å². The number of nitrogens with two attached hydrogens (primary N) is 1. The van der Waals surface area contributed by atoms with E-state index in [1.165, 1.54) is 4.90 Å². The Morgan fingerprint density at radius 3 is 2.59 bits per heavy atom. The number of hydrogen-bond donors (Lipinski definition) is 4. The summed E-state index contributed by atoms with van der Waals surface area (Å²) in [5.41, 5.74) is 12.5. The number of ether oxygens (including phenoxy) is 2. The molecule has 5 rings (SSSR count). The van der Waals surface area contributed by atoms with Gasteiger partial charge in [0.2, 0.25) is 0 Å². The Kier molecular flexibility index (Phi) is 8.20. The number of hydrazine groups is 1. The minimum atomic E-state index is -0.691. The van der Waals surface area contributed by atoms with Crippen LogP contribution in [0, 0.1) is 12.3 Å². The number of hydrogen-bond acceptors (Lipinski definition) is 8. The Bertz CT molecular complexity index is 1460. The summed E-state index contributed by atoms with van der Waals surface area (Å²) in [6.45, 7) is 4.73. The number of cyclic esters (lactones) is 1. The van der Waals surface area contributed by atoms with Crippen LogP contribution in [0.25, 0.3) is 11.0 Å². The average Bonchev–Trinajstić information content (AvgIpc) is 3.46. The maximum absolute atomic E-state index is 12.9. The predicted octanol–water partition coefficient (Wildman–Crippen LogP) is 3.56. The number of nitrogens with one attached hydrogen (secondary N) is 3. The molecule has 1 unspecified atom stereocenters. The van der Waals surface area contributed by atoms with Gasteiger partial charge >= 0.3 is 12.2 Å². The summed E-state index contributed by atoms with van der Waals surface area (Å²) < 4.78 is 11.0. The van der Waals surface area contributed by atoms with Crippen molar-refractivity contribution in [2.45, 2.75) is 64.5 Å². The van der Waals surface area contributed by atoms with E-state index < -0.39 is 18.3 Å². The number of aromatic amines is 1.